The number of hydrogen-bond donors (Lipinski definition) is 1. The highest BCUT2D eigenvalue weighted by molar-refractivity contribution is 6.00. The summed E-state index contributed by atoms with van der Waals surface area (Å²) in [4.78, 5) is 16.6. The van der Waals surface area contributed by atoms with Gasteiger partial charge in [0, 0.05) is 17.3 Å². The van der Waals surface area contributed by atoms with Crippen LogP contribution in [0.25, 0.3) is 22.0 Å². The van der Waals surface area contributed by atoms with Crippen molar-refractivity contribution < 1.29 is 22.4 Å². The fourth-order valence-corrected chi connectivity index (χ4v) is 3.52. The van der Waals surface area contributed by atoms with E-state index in [1.54, 1.807) is 42.5 Å². The minimum atomic E-state index is -4.56. The number of aromatic nitrogens is 1. The van der Waals surface area contributed by atoms with Crippen molar-refractivity contribution in [1.82, 2.24) is 4.98 Å². The van der Waals surface area contributed by atoms with E-state index in [0.717, 1.165) is 6.07 Å². The highest BCUT2D eigenvalue weighted by atomic mass is 19.4. The molecule has 0 atom stereocenters. The molecule has 31 heavy (non-hydrogen) atoms. The van der Waals surface area contributed by atoms with Crippen LogP contribution in [0.2, 0.25) is 0 Å². The molecule has 0 aliphatic heterocycles. The van der Waals surface area contributed by atoms with E-state index in [-0.39, 0.29) is 11.9 Å². The fourth-order valence-electron chi connectivity index (χ4n) is 3.52. The molecule has 3 aromatic carbocycles. The van der Waals surface area contributed by atoms with E-state index in [0.29, 0.717) is 27.8 Å². The van der Waals surface area contributed by atoms with Crippen molar-refractivity contribution in [2.45, 2.75) is 12.6 Å². The zero-order valence-electron chi connectivity index (χ0n) is 16.1. The number of benzene rings is 3. The second kappa shape index (κ2) is 8.18. The second-order valence-corrected chi connectivity index (χ2v) is 6.96. The third kappa shape index (κ3) is 4.40. The van der Waals surface area contributed by atoms with Gasteiger partial charge >= 0.3 is 6.18 Å². The first-order valence-electron chi connectivity index (χ1n) is 9.41. The van der Waals surface area contributed by atoms with Crippen molar-refractivity contribution in [2.24, 2.45) is 0 Å². The van der Waals surface area contributed by atoms with Gasteiger partial charge in [-0.2, -0.15) is 13.2 Å². The predicted octanol–water partition coefficient (Wildman–Crippen LogP) is 6.24. The number of amides is 1. The maximum Gasteiger partial charge on any atom is 0.418 e. The molecule has 0 unspecified atom stereocenters. The molecule has 1 amide bonds. The molecule has 0 fully saturated rings. The van der Waals surface area contributed by atoms with Gasteiger partial charge in [-0.15, -0.1) is 0 Å². The lowest BCUT2D eigenvalue weighted by atomic mass is 9.93. The summed E-state index contributed by atoms with van der Waals surface area (Å²) in [5.41, 5.74) is 0.918. The number of carbonyl (C=O) groups is 1. The fraction of sp³-hybridized carbons (Fsp3) is 0.0833. The summed E-state index contributed by atoms with van der Waals surface area (Å²) < 4.78 is 53.9. The quantitative estimate of drug-likeness (QED) is 0.394. The van der Waals surface area contributed by atoms with Gasteiger partial charge in [-0.25, -0.2) is 4.39 Å². The lowest BCUT2D eigenvalue weighted by molar-refractivity contribution is -0.136. The van der Waals surface area contributed by atoms with Crippen molar-refractivity contribution in [3.63, 3.8) is 0 Å². The number of hydrogen-bond acceptors (Lipinski definition) is 2. The minimum absolute atomic E-state index is 0.139. The number of rotatable bonds is 4. The summed E-state index contributed by atoms with van der Waals surface area (Å²) in [6.45, 7) is 0. The molecule has 1 N–H and O–H groups in total. The molecule has 7 heteroatoms. The number of nitrogens with one attached hydrogen (secondary N) is 1. The summed E-state index contributed by atoms with van der Waals surface area (Å²) in [5.74, 6) is -0.925. The largest absolute Gasteiger partial charge is 0.418 e. The smallest absolute Gasteiger partial charge is 0.326 e. The Morgan fingerprint density at radius 3 is 2.39 bits per heavy atom. The van der Waals surface area contributed by atoms with Gasteiger partial charge in [-0.3, -0.25) is 9.78 Å². The first kappa shape index (κ1) is 20.5. The van der Waals surface area contributed by atoms with Crippen LogP contribution in [0.15, 0.2) is 79.0 Å². The molecule has 0 radical (unpaired) electrons. The van der Waals surface area contributed by atoms with Crippen LogP contribution >= 0.6 is 0 Å². The van der Waals surface area contributed by atoms with Gasteiger partial charge in [-0.05, 0) is 41.0 Å². The van der Waals surface area contributed by atoms with E-state index in [2.05, 4.69) is 10.3 Å². The average Bonchev–Trinajstić information content (AvgIpc) is 2.73. The highest BCUT2D eigenvalue weighted by Gasteiger charge is 2.33. The average molecular weight is 424 g/mol. The maximum absolute atomic E-state index is 13.5. The molecule has 3 nitrogen and oxygen atoms in total. The monoisotopic (exact) mass is 424 g/mol. The van der Waals surface area contributed by atoms with Crippen molar-refractivity contribution in [3.05, 3.63) is 95.9 Å². The van der Waals surface area contributed by atoms with Crippen LogP contribution in [0.4, 0.5) is 23.2 Å². The minimum Gasteiger partial charge on any atom is -0.326 e. The Kier molecular flexibility index (Phi) is 5.42. The Morgan fingerprint density at radius 1 is 0.935 bits per heavy atom. The standard InChI is InChI=1S/C24H16F4N2O/c25-17-8-4-9-18(13-17)30-21(31)12-16-14-29-23-19(10-5-11-20(23)24(26,27)28)22(16)15-6-2-1-3-7-15/h1-11,13-14H,12H2,(H,30,31). The zero-order valence-corrected chi connectivity index (χ0v) is 16.1. The van der Waals surface area contributed by atoms with Crippen LogP contribution in [0.1, 0.15) is 11.1 Å². The normalized spacial score (nSPS) is 11.5. The third-order valence-electron chi connectivity index (χ3n) is 4.80. The van der Waals surface area contributed by atoms with Gasteiger partial charge in [0.25, 0.3) is 0 Å². The van der Waals surface area contributed by atoms with Crippen LogP contribution in [0.3, 0.4) is 0 Å². The number of para-hydroxylation sites is 1. The van der Waals surface area contributed by atoms with E-state index in [1.807, 2.05) is 0 Å². The first-order valence-corrected chi connectivity index (χ1v) is 9.41. The van der Waals surface area contributed by atoms with Crippen molar-refractivity contribution >= 4 is 22.5 Å². The molecule has 0 saturated heterocycles. The lowest BCUT2D eigenvalue weighted by Gasteiger charge is -2.16. The molecule has 0 aliphatic carbocycles. The Morgan fingerprint density at radius 2 is 1.68 bits per heavy atom. The number of fused-ring (bicyclic) bond motifs is 1. The molecule has 1 heterocycles. The SMILES string of the molecule is O=C(Cc1cnc2c(C(F)(F)F)cccc2c1-c1ccccc1)Nc1cccc(F)c1. The van der Waals surface area contributed by atoms with E-state index in [4.69, 9.17) is 0 Å². The number of alkyl halides is 3. The summed E-state index contributed by atoms with van der Waals surface area (Å²) in [5, 5.41) is 2.91. The molecule has 0 aliphatic rings. The molecule has 4 aromatic rings. The van der Waals surface area contributed by atoms with E-state index in [9.17, 15) is 22.4 Å². The zero-order chi connectivity index (χ0) is 22.0. The Bertz CT molecular complexity index is 1250. The first-order chi connectivity index (χ1) is 14.8. The van der Waals surface area contributed by atoms with Gasteiger partial charge in [0.05, 0.1) is 17.5 Å². The lowest BCUT2D eigenvalue weighted by Crippen LogP contribution is -2.15. The molecule has 0 spiro atoms. The number of pyridine rings is 1. The molecule has 4 rings (SSSR count). The summed E-state index contributed by atoms with van der Waals surface area (Å²) in [7, 11) is 0. The maximum atomic E-state index is 13.5. The summed E-state index contributed by atoms with van der Waals surface area (Å²) in [6.07, 6.45) is -3.40. The van der Waals surface area contributed by atoms with Gasteiger partial charge in [0.2, 0.25) is 5.91 Å². The number of nitrogens with zero attached hydrogens (tertiary/aromatic N) is 1. The molecular weight excluding hydrogens is 408 g/mol. The van der Waals surface area contributed by atoms with Crippen LogP contribution in [0, 0.1) is 5.82 Å². The molecule has 156 valence electrons. The van der Waals surface area contributed by atoms with E-state index >= 15 is 0 Å². The van der Waals surface area contributed by atoms with Crippen LogP contribution in [-0.2, 0) is 17.4 Å². The molecule has 0 bridgehead atoms. The molecular formula is C24H16F4N2O. The highest BCUT2D eigenvalue weighted by Crippen LogP contribution is 2.38. The van der Waals surface area contributed by atoms with Gasteiger partial charge < -0.3 is 5.32 Å². The number of halogens is 4. The van der Waals surface area contributed by atoms with Gasteiger partial charge in [0.15, 0.2) is 0 Å². The molecule has 1 aromatic heterocycles. The van der Waals surface area contributed by atoms with Gasteiger partial charge in [0.1, 0.15) is 5.82 Å². The van der Waals surface area contributed by atoms with Crippen LogP contribution < -0.4 is 5.32 Å². The Labute approximate surface area is 175 Å². The van der Waals surface area contributed by atoms with Crippen molar-refractivity contribution in [2.75, 3.05) is 5.32 Å². The number of anilines is 1. The second-order valence-electron chi connectivity index (χ2n) is 6.96. The van der Waals surface area contributed by atoms with Crippen LogP contribution in [0.5, 0.6) is 0 Å². The van der Waals surface area contributed by atoms with E-state index < -0.39 is 23.5 Å². The Balaban J connectivity index is 1.81. The van der Waals surface area contributed by atoms with Gasteiger partial charge in [-0.1, -0.05) is 48.5 Å². The summed E-state index contributed by atoms with van der Waals surface area (Å²) >= 11 is 0. The van der Waals surface area contributed by atoms with Crippen molar-refractivity contribution in [1.29, 1.82) is 0 Å². The predicted molar refractivity (Wildman–Crippen MR) is 111 cm³/mol. The Hall–Kier alpha value is -3.74. The molecule has 0 saturated carbocycles. The summed E-state index contributed by atoms with van der Waals surface area (Å²) in [6, 6.07) is 18.2. The topological polar surface area (TPSA) is 42.0 Å². The van der Waals surface area contributed by atoms with Crippen molar-refractivity contribution in [3.8, 4) is 11.1 Å². The number of carbonyl (C=O) groups excluding carboxylic acids is 1. The third-order valence-corrected chi connectivity index (χ3v) is 4.80. The van der Waals surface area contributed by atoms with E-state index in [1.165, 1.54) is 30.5 Å². The van der Waals surface area contributed by atoms with Crippen LogP contribution in [-0.4, -0.2) is 10.9 Å².